The van der Waals surface area contributed by atoms with E-state index in [4.69, 9.17) is 0 Å². The van der Waals surface area contributed by atoms with E-state index in [2.05, 4.69) is 24.4 Å². The van der Waals surface area contributed by atoms with Gasteiger partial charge in [-0.15, -0.1) is 0 Å². The number of amides is 1. The number of phenols is 1. The Morgan fingerprint density at radius 1 is 1.04 bits per heavy atom. The van der Waals surface area contributed by atoms with Crippen molar-refractivity contribution in [1.29, 1.82) is 0 Å². The van der Waals surface area contributed by atoms with Crippen molar-refractivity contribution in [2.75, 3.05) is 0 Å². The van der Waals surface area contributed by atoms with E-state index < -0.39 is 12.0 Å². The zero-order valence-corrected chi connectivity index (χ0v) is 15.6. The van der Waals surface area contributed by atoms with Crippen LogP contribution in [0, 0.1) is 0 Å². The second kappa shape index (κ2) is 13.0. The van der Waals surface area contributed by atoms with Crippen LogP contribution in [0.25, 0.3) is 0 Å². The number of hydrogen-bond donors (Lipinski definition) is 3. The molecule has 0 saturated carbocycles. The third-order valence-corrected chi connectivity index (χ3v) is 4.18. The van der Waals surface area contributed by atoms with Gasteiger partial charge in [-0.25, -0.2) is 4.79 Å². The van der Waals surface area contributed by atoms with Gasteiger partial charge in [0.25, 0.3) is 0 Å². The van der Waals surface area contributed by atoms with Crippen LogP contribution in [-0.2, 0) is 16.0 Å². The monoisotopic (exact) mass is 361 g/mol. The molecule has 0 aromatic heterocycles. The highest BCUT2D eigenvalue weighted by Gasteiger charge is 2.20. The van der Waals surface area contributed by atoms with Crippen LogP contribution < -0.4 is 5.32 Å². The molecule has 0 aliphatic rings. The van der Waals surface area contributed by atoms with E-state index in [0.717, 1.165) is 18.4 Å². The van der Waals surface area contributed by atoms with Crippen molar-refractivity contribution in [2.24, 2.45) is 0 Å². The van der Waals surface area contributed by atoms with Gasteiger partial charge in [0.15, 0.2) is 0 Å². The molecule has 1 aromatic carbocycles. The number of nitrogens with one attached hydrogen (secondary N) is 1. The van der Waals surface area contributed by atoms with Crippen LogP contribution in [0.4, 0.5) is 0 Å². The molecular weight excluding hydrogens is 330 g/mol. The van der Waals surface area contributed by atoms with Gasteiger partial charge in [-0.2, -0.15) is 0 Å². The van der Waals surface area contributed by atoms with Gasteiger partial charge in [0.1, 0.15) is 11.8 Å². The molecule has 0 saturated heterocycles. The van der Waals surface area contributed by atoms with Crippen LogP contribution >= 0.6 is 0 Å². The number of phenolic OH excluding ortho intramolecular Hbond substituents is 1. The van der Waals surface area contributed by atoms with Crippen molar-refractivity contribution >= 4 is 11.9 Å². The molecule has 144 valence electrons. The van der Waals surface area contributed by atoms with E-state index in [0.29, 0.717) is 12.8 Å². The van der Waals surface area contributed by atoms with Crippen LogP contribution in [-0.4, -0.2) is 28.1 Å². The largest absolute Gasteiger partial charge is 0.508 e. The van der Waals surface area contributed by atoms with Gasteiger partial charge in [0.2, 0.25) is 5.91 Å². The quantitative estimate of drug-likeness (QED) is 0.363. The average Bonchev–Trinajstić information content (AvgIpc) is 2.61. The van der Waals surface area contributed by atoms with E-state index in [1.54, 1.807) is 12.1 Å². The van der Waals surface area contributed by atoms with Crippen LogP contribution in [0.5, 0.6) is 5.75 Å². The number of unbranched alkanes of at least 4 members (excludes halogenated alkanes) is 5. The van der Waals surface area contributed by atoms with E-state index in [-0.39, 0.29) is 18.1 Å². The summed E-state index contributed by atoms with van der Waals surface area (Å²) in [5, 5.41) is 21.1. The van der Waals surface area contributed by atoms with E-state index in [1.807, 2.05) is 0 Å². The Morgan fingerprint density at radius 3 is 2.31 bits per heavy atom. The molecule has 0 bridgehead atoms. The first-order valence-electron chi connectivity index (χ1n) is 9.48. The lowest BCUT2D eigenvalue weighted by Gasteiger charge is -2.14. The molecule has 3 N–H and O–H groups in total. The summed E-state index contributed by atoms with van der Waals surface area (Å²) in [6.07, 6.45) is 12.4. The third kappa shape index (κ3) is 9.87. The smallest absolute Gasteiger partial charge is 0.326 e. The number of aliphatic carboxylic acids is 1. The van der Waals surface area contributed by atoms with Crippen LogP contribution in [0.2, 0.25) is 0 Å². The number of benzene rings is 1. The summed E-state index contributed by atoms with van der Waals surface area (Å²) in [6, 6.07) is 5.36. The average molecular weight is 361 g/mol. The minimum absolute atomic E-state index is 0.128. The minimum Gasteiger partial charge on any atom is -0.508 e. The molecule has 5 nitrogen and oxygen atoms in total. The molecule has 5 heteroatoms. The number of carboxylic acids is 1. The Kier molecular flexibility index (Phi) is 10.9. The zero-order chi connectivity index (χ0) is 19.2. The summed E-state index contributed by atoms with van der Waals surface area (Å²) in [5.41, 5.74) is 0.751. The van der Waals surface area contributed by atoms with Gasteiger partial charge in [-0.05, 0) is 43.4 Å². The van der Waals surface area contributed by atoms with Crippen molar-refractivity contribution in [3.63, 3.8) is 0 Å². The Bertz CT molecular complexity index is 566. The van der Waals surface area contributed by atoms with Gasteiger partial charge < -0.3 is 15.5 Å². The van der Waals surface area contributed by atoms with E-state index in [1.165, 1.54) is 37.8 Å². The molecule has 0 radical (unpaired) electrons. The molecule has 26 heavy (non-hydrogen) atoms. The lowest BCUT2D eigenvalue weighted by molar-refractivity contribution is -0.141. The highest BCUT2D eigenvalue weighted by Crippen LogP contribution is 2.12. The first kappa shape index (κ1) is 21.7. The minimum atomic E-state index is -1.06. The molecular formula is C21H31NO4. The molecule has 1 amide bonds. The number of allylic oxidation sites excluding steroid dienone is 2. The molecule has 0 spiro atoms. The Hall–Kier alpha value is -2.30. The SMILES string of the molecule is CCCCCC/C=C\CCCC(=O)NC(Cc1ccc(O)cc1)C(=O)O. The number of carbonyl (C=O) groups is 2. The second-order valence-corrected chi connectivity index (χ2v) is 6.54. The first-order valence-corrected chi connectivity index (χ1v) is 9.48. The number of carbonyl (C=O) groups excluding carboxylic acids is 1. The third-order valence-electron chi connectivity index (χ3n) is 4.18. The number of hydrogen-bond acceptors (Lipinski definition) is 3. The van der Waals surface area contributed by atoms with Crippen molar-refractivity contribution in [3.05, 3.63) is 42.0 Å². The zero-order valence-electron chi connectivity index (χ0n) is 15.6. The van der Waals surface area contributed by atoms with Crippen molar-refractivity contribution in [1.82, 2.24) is 5.32 Å². The van der Waals surface area contributed by atoms with Gasteiger partial charge in [-0.3, -0.25) is 4.79 Å². The lowest BCUT2D eigenvalue weighted by atomic mass is 10.1. The fourth-order valence-corrected chi connectivity index (χ4v) is 2.64. The van der Waals surface area contributed by atoms with Crippen LogP contribution in [0.3, 0.4) is 0 Å². The first-order chi connectivity index (χ1) is 12.5. The van der Waals surface area contributed by atoms with Crippen molar-refractivity contribution in [3.8, 4) is 5.75 Å². The second-order valence-electron chi connectivity index (χ2n) is 6.54. The van der Waals surface area contributed by atoms with Crippen molar-refractivity contribution < 1.29 is 19.8 Å². The summed E-state index contributed by atoms with van der Waals surface area (Å²) in [7, 11) is 0. The maximum atomic E-state index is 12.0. The number of rotatable bonds is 13. The highest BCUT2D eigenvalue weighted by atomic mass is 16.4. The molecule has 1 atom stereocenters. The maximum Gasteiger partial charge on any atom is 0.326 e. The molecule has 0 aliphatic carbocycles. The highest BCUT2D eigenvalue weighted by molar-refractivity contribution is 5.83. The van der Waals surface area contributed by atoms with Crippen LogP contribution in [0.15, 0.2) is 36.4 Å². The molecule has 0 heterocycles. The van der Waals surface area contributed by atoms with Crippen LogP contribution in [0.1, 0.15) is 63.9 Å². The Labute approximate surface area is 156 Å². The predicted octanol–water partition coefficient (Wildman–Crippen LogP) is 4.20. The Balaban J connectivity index is 2.27. The predicted molar refractivity (Wildman–Crippen MR) is 103 cm³/mol. The van der Waals surface area contributed by atoms with Gasteiger partial charge in [0, 0.05) is 12.8 Å². The molecule has 1 unspecified atom stereocenters. The fraction of sp³-hybridized carbons (Fsp3) is 0.524. The summed E-state index contributed by atoms with van der Waals surface area (Å²) in [6.45, 7) is 2.19. The normalized spacial score (nSPS) is 12.2. The maximum absolute atomic E-state index is 12.0. The van der Waals surface area contributed by atoms with E-state index in [9.17, 15) is 19.8 Å². The number of aromatic hydroxyl groups is 1. The molecule has 1 aromatic rings. The summed E-state index contributed by atoms with van der Waals surface area (Å²) in [4.78, 5) is 23.3. The molecule has 0 fully saturated rings. The summed E-state index contributed by atoms with van der Waals surface area (Å²) in [5.74, 6) is -1.17. The number of carboxylic acid groups (broad SMARTS) is 1. The summed E-state index contributed by atoms with van der Waals surface area (Å²) >= 11 is 0. The Morgan fingerprint density at radius 2 is 1.69 bits per heavy atom. The summed E-state index contributed by atoms with van der Waals surface area (Å²) < 4.78 is 0. The topological polar surface area (TPSA) is 86.6 Å². The van der Waals surface area contributed by atoms with Crippen molar-refractivity contribution in [2.45, 2.75) is 70.8 Å². The van der Waals surface area contributed by atoms with Gasteiger partial charge in [0.05, 0.1) is 0 Å². The standard InChI is InChI=1S/C21H31NO4/c1-2-3-4-5-6-7-8-9-10-11-20(24)22-19(21(25)26)16-17-12-14-18(23)15-13-17/h7-8,12-15,19,23H,2-6,9-11,16H2,1H3,(H,22,24)(H,25,26)/b8-7-. The van der Waals surface area contributed by atoms with Gasteiger partial charge in [-0.1, -0.05) is 50.5 Å². The lowest BCUT2D eigenvalue weighted by Crippen LogP contribution is -2.42. The van der Waals surface area contributed by atoms with Gasteiger partial charge >= 0.3 is 5.97 Å². The molecule has 0 aliphatic heterocycles. The fourth-order valence-electron chi connectivity index (χ4n) is 2.64. The van der Waals surface area contributed by atoms with E-state index >= 15 is 0 Å². The molecule has 1 rings (SSSR count).